The van der Waals surface area contributed by atoms with E-state index in [1.54, 1.807) is 0 Å². The molecule has 0 spiro atoms. The molecule has 0 N–H and O–H groups in total. The first-order valence-corrected chi connectivity index (χ1v) is 36.3. The van der Waals surface area contributed by atoms with Crippen LogP contribution in [0, 0.1) is 0 Å². The third-order valence-electron chi connectivity index (χ3n) is 11.5. The first-order valence-electron chi connectivity index (χ1n) is 31.2. The summed E-state index contributed by atoms with van der Waals surface area (Å²) in [5.74, 6) is 6.01. The Balaban J connectivity index is 6.03. The predicted molar refractivity (Wildman–Crippen MR) is 368 cm³/mol. The molecule has 524 valence electrons. The van der Waals surface area contributed by atoms with Gasteiger partial charge in [-0.1, -0.05) is 0 Å². The molecule has 0 saturated carbocycles. The van der Waals surface area contributed by atoms with Crippen LogP contribution >= 0.6 is 101 Å². The second-order valence-electron chi connectivity index (χ2n) is 19.3. The van der Waals surface area contributed by atoms with Gasteiger partial charge in [-0.3, -0.25) is 0 Å². The molecule has 0 aliphatic heterocycles. The Morgan fingerprint density at radius 3 is 0.414 bits per heavy atom. The summed E-state index contributed by atoms with van der Waals surface area (Å²) >= 11 is 34.2. The molecule has 0 aromatic carbocycles. The third-order valence-corrected chi connectivity index (χ3v) is 14.0. The van der Waals surface area contributed by atoms with E-state index in [-0.39, 0.29) is 78.3 Å². The average Bonchev–Trinajstić information content (AvgIpc) is 3.58. The van der Waals surface area contributed by atoms with Crippen molar-refractivity contribution in [1.29, 1.82) is 0 Å². The molecule has 6 unspecified atom stereocenters. The van der Waals surface area contributed by atoms with Gasteiger partial charge >= 0.3 is 0 Å². The lowest BCUT2D eigenvalue weighted by atomic mass is 10.3. The zero-order chi connectivity index (χ0) is 63.1. The van der Waals surface area contributed by atoms with Crippen molar-refractivity contribution in [3.8, 4) is 0 Å². The topological polar surface area (TPSA) is 194 Å². The Kier molecular flexibility index (Phi) is 78.7. The Hall–Kier alpha value is 1.96. The fraction of sp³-hybridized carbons (Fsp3) is 1.00. The van der Waals surface area contributed by atoms with Gasteiger partial charge in [0.15, 0.2) is 0 Å². The standard InChI is InChI=1S/C58H118O21S8/c80-33-1-9-59-17-19-67-41-53(74-27-21-61-11-3-35-82)43-69-45-55(76-29-23-63-13-5-37-84)47-71-49-57(78-31-25-65-15-7-39-86)51-73-52-58(79-32-26-66-16-8-40-87)50-72-48-56(77-30-24-64-14-6-38-85)46-70-44-54(75-28-22-62-12-4-36-83)42-68-20-18-60-10-2-34-81/h53-58,80-87H,1-52H2. The second kappa shape index (κ2) is 77.0. The molecule has 0 bridgehead atoms. The number of rotatable bonds is 78. The molecule has 0 aliphatic rings. The summed E-state index contributed by atoms with van der Waals surface area (Å²) in [7, 11) is 0. The molecule has 6 atom stereocenters. The van der Waals surface area contributed by atoms with Crippen molar-refractivity contribution in [3.05, 3.63) is 0 Å². The van der Waals surface area contributed by atoms with E-state index in [2.05, 4.69) is 101 Å². The molecule has 0 amide bonds. The first kappa shape index (κ1) is 89.0. The highest BCUT2D eigenvalue weighted by Gasteiger charge is 2.21. The maximum absolute atomic E-state index is 6.35. The van der Waals surface area contributed by atoms with Crippen molar-refractivity contribution in [2.45, 2.75) is 88.0 Å². The molecular formula is C58H118O21S8. The fourth-order valence-electron chi connectivity index (χ4n) is 6.98. The summed E-state index contributed by atoms with van der Waals surface area (Å²) in [6, 6.07) is 0. The van der Waals surface area contributed by atoms with Gasteiger partial charge in [0.2, 0.25) is 0 Å². The number of hydrogen-bond donors (Lipinski definition) is 8. The average molecular weight is 1410 g/mol. The minimum atomic E-state index is -0.465. The van der Waals surface area contributed by atoms with Gasteiger partial charge in [-0.2, -0.15) is 101 Å². The highest BCUT2D eigenvalue weighted by molar-refractivity contribution is 7.81. The summed E-state index contributed by atoms with van der Waals surface area (Å²) in [6.07, 6.45) is 4.35. The van der Waals surface area contributed by atoms with Gasteiger partial charge in [-0.15, -0.1) is 0 Å². The summed E-state index contributed by atoms with van der Waals surface area (Å²) in [5, 5.41) is 0. The van der Waals surface area contributed by atoms with Crippen LogP contribution in [0.3, 0.4) is 0 Å². The Bertz CT molecular complexity index is 1200. The van der Waals surface area contributed by atoms with Crippen molar-refractivity contribution in [2.75, 3.05) is 284 Å². The van der Waals surface area contributed by atoms with Crippen LogP contribution in [0.5, 0.6) is 0 Å². The molecule has 0 aliphatic carbocycles. The SMILES string of the molecule is SCCCOCCOCC(COCC(COCC(COCC(COCC(COCC(COCCOCCCS)OCCOCCCS)OCCOCCCS)OCCOCCCS)OCCOCCCS)OCCOCCCS)OCCOCCCS. The number of hydrogen-bond acceptors (Lipinski definition) is 29. The Morgan fingerprint density at radius 2 is 0.264 bits per heavy atom. The molecule has 21 nitrogen and oxygen atoms in total. The molecule has 0 saturated heterocycles. The van der Waals surface area contributed by atoms with Crippen LogP contribution in [-0.4, -0.2) is 320 Å². The molecule has 0 aromatic heterocycles. The molecule has 0 heterocycles. The zero-order valence-corrected chi connectivity index (χ0v) is 59.5. The van der Waals surface area contributed by atoms with E-state index in [1.807, 2.05) is 0 Å². The minimum Gasteiger partial charge on any atom is -0.379 e. The van der Waals surface area contributed by atoms with Gasteiger partial charge in [0.05, 0.1) is 185 Å². The van der Waals surface area contributed by atoms with Crippen molar-refractivity contribution in [1.82, 2.24) is 0 Å². The molecule has 29 heteroatoms. The smallest absolute Gasteiger partial charge is 0.104 e. The molecular weight excluding hydrogens is 1290 g/mol. The van der Waals surface area contributed by atoms with E-state index in [0.29, 0.717) is 172 Å². The molecule has 0 rings (SSSR count). The lowest BCUT2D eigenvalue weighted by molar-refractivity contribution is -0.130. The quantitative estimate of drug-likeness (QED) is 0.0257. The normalized spacial score (nSPS) is 14.1. The summed E-state index contributed by atoms with van der Waals surface area (Å²) in [6.45, 7) is 14.2. The summed E-state index contributed by atoms with van der Waals surface area (Å²) in [4.78, 5) is 0. The Morgan fingerprint density at radius 1 is 0.138 bits per heavy atom. The predicted octanol–water partition coefficient (Wildman–Crippen LogP) is 6.11. The lowest BCUT2D eigenvalue weighted by Crippen LogP contribution is -2.35. The fourth-order valence-corrected chi connectivity index (χ4v) is 8.01. The summed E-state index contributed by atoms with van der Waals surface area (Å²) in [5.41, 5.74) is 0. The number of thiol groups is 8. The Labute approximate surface area is 568 Å². The van der Waals surface area contributed by atoms with Crippen LogP contribution in [0.4, 0.5) is 0 Å². The van der Waals surface area contributed by atoms with Crippen LogP contribution in [0.15, 0.2) is 0 Å². The third kappa shape index (κ3) is 67.7. The first-order chi connectivity index (χ1) is 43.0. The van der Waals surface area contributed by atoms with E-state index >= 15 is 0 Å². The van der Waals surface area contributed by atoms with Crippen LogP contribution in [0.1, 0.15) is 51.4 Å². The molecule has 0 aromatic rings. The van der Waals surface area contributed by atoms with Gasteiger partial charge < -0.3 is 99.5 Å². The van der Waals surface area contributed by atoms with Crippen molar-refractivity contribution in [2.24, 2.45) is 0 Å². The largest absolute Gasteiger partial charge is 0.379 e. The van der Waals surface area contributed by atoms with Crippen LogP contribution in [0.25, 0.3) is 0 Å². The van der Waals surface area contributed by atoms with Crippen LogP contribution < -0.4 is 0 Å². The monoisotopic (exact) mass is 1410 g/mol. The van der Waals surface area contributed by atoms with Crippen molar-refractivity contribution in [3.63, 3.8) is 0 Å². The number of ether oxygens (including phenoxy) is 21. The maximum atomic E-state index is 6.35. The highest BCUT2D eigenvalue weighted by Crippen LogP contribution is 2.08. The van der Waals surface area contributed by atoms with Gasteiger partial charge in [-0.25, -0.2) is 0 Å². The minimum absolute atomic E-state index is 0.193. The lowest BCUT2D eigenvalue weighted by Gasteiger charge is -2.24. The van der Waals surface area contributed by atoms with Crippen molar-refractivity contribution >= 4 is 101 Å². The second-order valence-corrected chi connectivity index (χ2v) is 22.9. The van der Waals surface area contributed by atoms with E-state index in [1.165, 1.54) is 0 Å². The van der Waals surface area contributed by atoms with Crippen molar-refractivity contribution < 1.29 is 99.5 Å². The molecule has 0 radical (unpaired) electrons. The van der Waals surface area contributed by atoms with E-state index in [9.17, 15) is 0 Å². The van der Waals surface area contributed by atoms with Gasteiger partial charge in [0.1, 0.15) is 36.6 Å². The van der Waals surface area contributed by atoms with E-state index in [0.717, 1.165) is 97.4 Å². The van der Waals surface area contributed by atoms with Crippen LogP contribution in [-0.2, 0) is 99.5 Å². The molecule has 0 fully saturated rings. The van der Waals surface area contributed by atoms with Crippen LogP contribution in [0.2, 0.25) is 0 Å². The van der Waals surface area contributed by atoms with Gasteiger partial charge in [-0.05, 0) is 97.4 Å². The van der Waals surface area contributed by atoms with E-state index < -0.39 is 24.4 Å². The van der Waals surface area contributed by atoms with Gasteiger partial charge in [0.25, 0.3) is 0 Å². The molecule has 87 heavy (non-hydrogen) atoms. The highest BCUT2D eigenvalue weighted by atomic mass is 32.1. The maximum Gasteiger partial charge on any atom is 0.104 e. The van der Waals surface area contributed by atoms with E-state index in [4.69, 9.17) is 99.5 Å². The zero-order valence-electron chi connectivity index (χ0n) is 52.4. The summed E-state index contributed by atoms with van der Waals surface area (Å²) < 4.78 is 126. The van der Waals surface area contributed by atoms with Gasteiger partial charge in [0, 0.05) is 52.9 Å².